The van der Waals surface area contributed by atoms with Crippen molar-refractivity contribution in [3.8, 4) is 11.4 Å². The van der Waals surface area contributed by atoms with Crippen molar-refractivity contribution in [2.24, 2.45) is 0 Å². The topological polar surface area (TPSA) is 50.9 Å². The van der Waals surface area contributed by atoms with Crippen LogP contribution in [0.25, 0.3) is 16.7 Å². The van der Waals surface area contributed by atoms with Gasteiger partial charge in [0.15, 0.2) is 11.6 Å². The lowest BCUT2D eigenvalue weighted by Crippen LogP contribution is -2.18. The molecule has 0 bridgehead atoms. The Morgan fingerprint density at radius 1 is 0.808 bits per heavy atom. The predicted octanol–water partition coefficient (Wildman–Crippen LogP) is 5.00. The average molecular weight is 359 g/mol. The normalized spacial score (nSPS) is 12.8. The summed E-state index contributed by atoms with van der Waals surface area (Å²) < 4.78 is 27.0. The molecule has 0 atom stereocenters. The van der Waals surface area contributed by atoms with Gasteiger partial charge in [-0.25, -0.2) is 8.78 Å². The Kier molecular flexibility index (Phi) is 4.05. The predicted molar refractivity (Wildman–Crippen MR) is 97.8 cm³/mol. The van der Waals surface area contributed by atoms with E-state index in [9.17, 15) is 13.9 Å². The maximum atomic E-state index is 13.5. The standard InChI is InChI=1S/C20H23F2N3O/c1-19(2,3)11-7-12(20(4,5)6)18(26)17(8-11)25-23-15-9-13(21)14(22)10-16(15)24-25/h7-10,26H,1-6H3. The van der Waals surface area contributed by atoms with Crippen LogP contribution in [0.15, 0.2) is 24.3 Å². The summed E-state index contributed by atoms with van der Waals surface area (Å²) in [5.41, 5.74) is 2.15. The van der Waals surface area contributed by atoms with Crippen molar-refractivity contribution >= 4 is 11.0 Å². The number of aromatic nitrogens is 3. The van der Waals surface area contributed by atoms with E-state index in [1.165, 1.54) is 4.80 Å². The van der Waals surface area contributed by atoms with Crippen LogP contribution >= 0.6 is 0 Å². The van der Waals surface area contributed by atoms with E-state index in [4.69, 9.17) is 0 Å². The molecule has 1 aromatic heterocycles. The Labute approximate surface area is 151 Å². The van der Waals surface area contributed by atoms with E-state index in [-0.39, 0.29) is 27.6 Å². The molecule has 0 unspecified atom stereocenters. The number of rotatable bonds is 1. The second kappa shape index (κ2) is 5.76. The SMILES string of the molecule is CC(C)(C)c1cc(-n2nc3cc(F)c(F)cc3n2)c(O)c(C(C)(C)C)c1. The molecule has 2 aromatic carbocycles. The number of phenols is 1. The van der Waals surface area contributed by atoms with Crippen LogP contribution in [-0.4, -0.2) is 20.1 Å². The van der Waals surface area contributed by atoms with Gasteiger partial charge in [0.05, 0.1) is 0 Å². The average Bonchev–Trinajstić information content (AvgIpc) is 2.88. The first-order valence-electron chi connectivity index (χ1n) is 8.48. The summed E-state index contributed by atoms with van der Waals surface area (Å²) in [4.78, 5) is 1.24. The quantitative estimate of drug-likeness (QED) is 0.665. The molecule has 1 heterocycles. The van der Waals surface area contributed by atoms with Crippen LogP contribution < -0.4 is 0 Å². The number of halogens is 2. The van der Waals surface area contributed by atoms with Gasteiger partial charge in [0.1, 0.15) is 22.5 Å². The Hall–Kier alpha value is -2.50. The van der Waals surface area contributed by atoms with Crippen molar-refractivity contribution in [2.45, 2.75) is 52.4 Å². The molecule has 0 fully saturated rings. The zero-order valence-corrected chi connectivity index (χ0v) is 15.9. The van der Waals surface area contributed by atoms with Crippen LogP contribution in [0.4, 0.5) is 8.78 Å². The van der Waals surface area contributed by atoms with E-state index < -0.39 is 11.6 Å². The number of nitrogens with zero attached hydrogens (tertiary/aromatic N) is 3. The third-order valence-corrected chi connectivity index (χ3v) is 4.40. The van der Waals surface area contributed by atoms with Gasteiger partial charge in [-0.3, -0.25) is 0 Å². The minimum atomic E-state index is -0.979. The van der Waals surface area contributed by atoms with Crippen molar-refractivity contribution in [3.63, 3.8) is 0 Å². The monoisotopic (exact) mass is 359 g/mol. The van der Waals surface area contributed by atoms with Crippen molar-refractivity contribution in [2.75, 3.05) is 0 Å². The number of aromatic hydroxyl groups is 1. The zero-order chi connectivity index (χ0) is 19.4. The van der Waals surface area contributed by atoms with Crippen molar-refractivity contribution in [3.05, 3.63) is 47.0 Å². The number of phenolic OH excluding ortho intramolecular Hbond substituents is 1. The third kappa shape index (κ3) is 3.16. The maximum absolute atomic E-state index is 13.5. The molecule has 4 nitrogen and oxygen atoms in total. The highest BCUT2D eigenvalue weighted by atomic mass is 19.2. The fraction of sp³-hybridized carbons (Fsp3) is 0.400. The van der Waals surface area contributed by atoms with Crippen LogP contribution in [-0.2, 0) is 10.8 Å². The van der Waals surface area contributed by atoms with Gasteiger partial charge in [-0.2, -0.15) is 0 Å². The van der Waals surface area contributed by atoms with E-state index in [1.54, 1.807) is 0 Å². The molecule has 26 heavy (non-hydrogen) atoms. The third-order valence-electron chi connectivity index (χ3n) is 4.40. The van der Waals surface area contributed by atoms with E-state index in [0.717, 1.165) is 23.3 Å². The minimum Gasteiger partial charge on any atom is -0.505 e. The summed E-state index contributed by atoms with van der Waals surface area (Å²) >= 11 is 0. The minimum absolute atomic E-state index is 0.0618. The van der Waals surface area contributed by atoms with Gasteiger partial charge in [-0.15, -0.1) is 15.0 Å². The van der Waals surface area contributed by atoms with Gasteiger partial charge in [-0.1, -0.05) is 47.6 Å². The molecule has 3 aromatic rings. The summed E-state index contributed by atoms with van der Waals surface area (Å²) in [6, 6.07) is 5.81. The van der Waals surface area contributed by atoms with Crippen LogP contribution in [0, 0.1) is 11.6 Å². The fourth-order valence-electron chi connectivity index (χ4n) is 2.80. The molecule has 3 rings (SSSR count). The van der Waals surface area contributed by atoms with Crippen LogP contribution in [0.3, 0.4) is 0 Å². The van der Waals surface area contributed by atoms with Crippen LogP contribution in [0.2, 0.25) is 0 Å². The van der Waals surface area contributed by atoms with Crippen molar-refractivity contribution in [1.29, 1.82) is 0 Å². The Bertz CT molecular complexity index is 956. The van der Waals surface area contributed by atoms with Crippen molar-refractivity contribution < 1.29 is 13.9 Å². The molecule has 0 aliphatic carbocycles. The summed E-state index contributed by atoms with van der Waals surface area (Å²) in [6.07, 6.45) is 0. The first-order valence-corrected chi connectivity index (χ1v) is 8.48. The second-order valence-corrected chi connectivity index (χ2v) is 8.64. The molecule has 0 aliphatic rings. The molecular formula is C20H23F2N3O. The van der Waals surface area contributed by atoms with Gasteiger partial charge in [-0.05, 0) is 22.5 Å². The molecule has 6 heteroatoms. The number of hydrogen-bond acceptors (Lipinski definition) is 3. The first-order chi connectivity index (χ1) is 11.9. The summed E-state index contributed by atoms with van der Waals surface area (Å²) in [5, 5.41) is 19.3. The first kappa shape index (κ1) is 18.3. The fourth-order valence-corrected chi connectivity index (χ4v) is 2.80. The summed E-state index contributed by atoms with van der Waals surface area (Å²) in [7, 11) is 0. The molecule has 0 saturated carbocycles. The number of benzene rings is 2. The maximum Gasteiger partial charge on any atom is 0.161 e. The van der Waals surface area contributed by atoms with Gasteiger partial charge in [0.25, 0.3) is 0 Å². The zero-order valence-electron chi connectivity index (χ0n) is 15.9. The molecule has 0 radical (unpaired) electrons. The molecular weight excluding hydrogens is 336 g/mol. The highest BCUT2D eigenvalue weighted by Crippen LogP contribution is 2.39. The number of hydrogen-bond donors (Lipinski definition) is 1. The Balaban J connectivity index is 2.30. The lowest BCUT2D eigenvalue weighted by Gasteiger charge is -2.27. The summed E-state index contributed by atoms with van der Waals surface area (Å²) in [6.45, 7) is 12.3. The van der Waals surface area contributed by atoms with E-state index in [0.29, 0.717) is 5.69 Å². The highest BCUT2D eigenvalue weighted by Gasteiger charge is 2.26. The summed E-state index contributed by atoms with van der Waals surface area (Å²) in [5.74, 6) is -1.90. The van der Waals surface area contributed by atoms with Gasteiger partial charge >= 0.3 is 0 Å². The Morgan fingerprint density at radius 3 is 1.73 bits per heavy atom. The second-order valence-electron chi connectivity index (χ2n) is 8.64. The molecule has 0 amide bonds. The van der Waals surface area contributed by atoms with E-state index >= 15 is 0 Å². The molecule has 0 saturated heterocycles. The van der Waals surface area contributed by atoms with Gasteiger partial charge in [0, 0.05) is 17.7 Å². The van der Waals surface area contributed by atoms with E-state index in [1.807, 2.05) is 32.9 Å². The highest BCUT2D eigenvalue weighted by molar-refractivity contribution is 5.74. The largest absolute Gasteiger partial charge is 0.505 e. The van der Waals surface area contributed by atoms with Crippen LogP contribution in [0.5, 0.6) is 5.75 Å². The van der Waals surface area contributed by atoms with Gasteiger partial charge in [0.2, 0.25) is 0 Å². The van der Waals surface area contributed by atoms with Crippen molar-refractivity contribution in [1.82, 2.24) is 15.0 Å². The molecule has 0 aliphatic heterocycles. The number of fused-ring (bicyclic) bond motifs is 1. The molecule has 0 spiro atoms. The molecule has 138 valence electrons. The van der Waals surface area contributed by atoms with E-state index in [2.05, 4.69) is 31.0 Å². The smallest absolute Gasteiger partial charge is 0.161 e. The van der Waals surface area contributed by atoms with Gasteiger partial charge < -0.3 is 5.11 Å². The Morgan fingerprint density at radius 2 is 1.31 bits per heavy atom. The lowest BCUT2D eigenvalue weighted by molar-refractivity contribution is 0.438. The van der Waals surface area contributed by atoms with Crippen LogP contribution in [0.1, 0.15) is 52.7 Å². The molecule has 1 N–H and O–H groups in total. The lowest BCUT2D eigenvalue weighted by atomic mass is 9.80.